The topological polar surface area (TPSA) is 99.5 Å². The quantitative estimate of drug-likeness (QED) is 0.582. The molecule has 6 rings (SSSR count). The maximum absolute atomic E-state index is 12.2. The molecule has 2 aromatic heterocycles. The normalized spacial score (nSPS) is 26.2. The van der Waals surface area contributed by atoms with Gasteiger partial charge in [0, 0.05) is 41.9 Å². The molecule has 166 valence electrons. The van der Waals surface area contributed by atoms with Crippen LogP contribution in [-0.4, -0.2) is 55.6 Å². The number of amides is 1. The summed E-state index contributed by atoms with van der Waals surface area (Å²) in [5.74, 6) is 1.28. The van der Waals surface area contributed by atoms with Crippen LogP contribution in [0.3, 0.4) is 0 Å². The molecule has 3 aromatic rings. The summed E-state index contributed by atoms with van der Waals surface area (Å²) in [6.45, 7) is 3.87. The number of aromatic nitrogens is 4. The van der Waals surface area contributed by atoms with Crippen LogP contribution >= 0.6 is 0 Å². The summed E-state index contributed by atoms with van der Waals surface area (Å²) in [6.07, 6.45) is 8.40. The number of fused-ring (bicyclic) bond motifs is 4. The van der Waals surface area contributed by atoms with Gasteiger partial charge in [0.15, 0.2) is 11.5 Å². The number of carbonyl (C=O) groups is 1. The number of nitrogens with zero attached hydrogens (tertiary/aromatic N) is 5. The number of hydrogen-bond donors (Lipinski definition) is 3. The first-order valence-electron chi connectivity index (χ1n) is 11.3. The molecule has 3 aliphatic heterocycles. The second-order valence-corrected chi connectivity index (χ2v) is 9.81. The first kappa shape index (κ1) is 19.5. The number of benzene rings is 1. The maximum atomic E-state index is 12.2. The minimum absolute atomic E-state index is 0.0136. The molecule has 3 aliphatic rings. The highest BCUT2D eigenvalue weighted by Crippen LogP contribution is 2.39. The Hall–Kier alpha value is -3.20. The summed E-state index contributed by atoms with van der Waals surface area (Å²) in [7, 11) is 2.25. The minimum atomic E-state index is -0.519. The lowest BCUT2D eigenvalue weighted by Gasteiger charge is -2.36. The molecule has 1 amide bonds. The third kappa shape index (κ3) is 3.02. The Bertz CT molecular complexity index is 1200. The lowest BCUT2D eigenvalue weighted by molar-refractivity contribution is -0.119. The Morgan fingerprint density at radius 1 is 1.19 bits per heavy atom. The molecule has 5 heterocycles. The Morgan fingerprint density at radius 3 is 2.75 bits per heavy atom. The molecule has 0 spiro atoms. The van der Waals surface area contributed by atoms with Crippen molar-refractivity contribution in [2.75, 3.05) is 23.0 Å². The van der Waals surface area contributed by atoms with E-state index >= 15 is 0 Å². The summed E-state index contributed by atoms with van der Waals surface area (Å²) < 4.78 is 1.75. The van der Waals surface area contributed by atoms with Gasteiger partial charge in [0.05, 0.1) is 5.41 Å². The van der Waals surface area contributed by atoms with E-state index in [2.05, 4.69) is 38.0 Å². The molecular weight excluding hydrogens is 404 g/mol. The Balaban J connectivity index is 1.23. The average Bonchev–Trinajstić information content (AvgIpc) is 3.31. The summed E-state index contributed by atoms with van der Waals surface area (Å²) >= 11 is 0. The first-order chi connectivity index (χ1) is 15.4. The fourth-order valence-electron chi connectivity index (χ4n) is 5.50. The van der Waals surface area contributed by atoms with Gasteiger partial charge in [-0.2, -0.15) is 4.98 Å². The molecule has 0 aliphatic carbocycles. The van der Waals surface area contributed by atoms with Crippen LogP contribution in [0.25, 0.3) is 5.65 Å². The highest BCUT2D eigenvalue weighted by atomic mass is 16.2. The lowest BCUT2D eigenvalue weighted by atomic mass is 9.86. The van der Waals surface area contributed by atoms with Crippen molar-refractivity contribution in [3.8, 4) is 0 Å². The van der Waals surface area contributed by atoms with Crippen LogP contribution in [0.1, 0.15) is 45.1 Å². The third-order valence-electron chi connectivity index (χ3n) is 7.46. The molecule has 9 heteroatoms. The predicted octanol–water partition coefficient (Wildman–Crippen LogP) is 3.13. The molecule has 2 bridgehead atoms. The van der Waals surface area contributed by atoms with Crippen LogP contribution in [-0.2, 0) is 10.2 Å². The van der Waals surface area contributed by atoms with Gasteiger partial charge in [0.2, 0.25) is 11.9 Å². The van der Waals surface area contributed by atoms with Gasteiger partial charge < -0.3 is 20.9 Å². The van der Waals surface area contributed by atoms with E-state index in [9.17, 15) is 4.79 Å². The Kier molecular flexibility index (Phi) is 4.20. The van der Waals surface area contributed by atoms with Crippen LogP contribution in [0.2, 0.25) is 0 Å². The van der Waals surface area contributed by atoms with Gasteiger partial charge in [-0.25, -0.2) is 9.50 Å². The third-order valence-corrected chi connectivity index (χ3v) is 7.46. The van der Waals surface area contributed by atoms with Crippen molar-refractivity contribution < 1.29 is 4.79 Å². The molecule has 3 atom stereocenters. The van der Waals surface area contributed by atoms with Crippen molar-refractivity contribution in [3.05, 3.63) is 36.2 Å². The lowest BCUT2D eigenvalue weighted by Crippen LogP contribution is -2.44. The van der Waals surface area contributed by atoms with Crippen LogP contribution in [0.15, 0.2) is 30.6 Å². The van der Waals surface area contributed by atoms with E-state index in [1.54, 1.807) is 10.7 Å². The van der Waals surface area contributed by atoms with E-state index in [-0.39, 0.29) is 5.91 Å². The second-order valence-electron chi connectivity index (χ2n) is 9.81. The van der Waals surface area contributed by atoms with Crippen LogP contribution in [0, 0.1) is 0 Å². The molecule has 0 unspecified atom stereocenters. The van der Waals surface area contributed by atoms with Crippen molar-refractivity contribution >= 4 is 34.7 Å². The smallest absolute Gasteiger partial charge is 0.247 e. The SMILES string of the molecule is CN1[C@@H]2CC[C@H]1C[C@H](Nc1nccn3nc(Nc4ccc5c(c4)NC(=O)C5(C)C)nc13)C2. The predicted molar refractivity (Wildman–Crippen MR) is 123 cm³/mol. The standard InChI is InChI=1S/C23H28N8O/c1-23(2)17-7-4-13(12-18(17)27-21(23)32)26-22-28-20-19(24-8-9-31(20)29-22)25-14-10-15-5-6-16(11-14)30(15)3/h4,7-9,12,14-16H,5-6,10-11H2,1-3H3,(H,24,25)(H,26,29)(H,27,32)/t14-,15-,16+. The van der Waals surface area contributed by atoms with Gasteiger partial charge in [-0.15, -0.1) is 5.10 Å². The molecule has 1 aromatic carbocycles. The van der Waals surface area contributed by atoms with Gasteiger partial charge in [-0.3, -0.25) is 4.79 Å². The number of nitrogens with one attached hydrogen (secondary N) is 3. The van der Waals surface area contributed by atoms with E-state index in [0.717, 1.165) is 35.6 Å². The molecule has 0 saturated carbocycles. The van der Waals surface area contributed by atoms with E-state index < -0.39 is 5.41 Å². The van der Waals surface area contributed by atoms with Gasteiger partial charge in [-0.05, 0) is 64.3 Å². The summed E-state index contributed by atoms with van der Waals surface area (Å²) in [6, 6.07) is 7.59. The molecule has 32 heavy (non-hydrogen) atoms. The molecular formula is C23H28N8O. The van der Waals surface area contributed by atoms with Gasteiger partial charge >= 0.3 is 0 Å². The molecule has 2 fully saturated rings. The summed E-state index contributed by atoms with van der Waals surface area (Å²) in [5.41, 5.74) is 2.84. The van der Waals surface area contributed by atoms with Crippen molar-refractivity contribution in [2.24, 2.45) is 0 Å². The van der Waals surface area contributed by atoms with Crippen molar-refractivity contribution in [3.63, 3.8) is 0 Å². The highest BCUT2D eigenvalue weighted by molar-refractivity contribution is 6.06. The van der Waals surface area contributed by atoms with Gasteiger partial charge in [-0.1, -0.05) is 6.07 Å². The van der Waals surface area contributed by atoms with Crippen molar-refractivity contribution in [2.45, 2.75) is 63.1 Å². The molecule has 2 saturated heterocycles. The number of carbonyl (C=O) groups excluding carboxylic acids is 1. The zero-order chi connectivity index (χ0) is 22.0. The highest BCUT2D eigenvalue weighted by Gasteiger charge is 2.39. The second kappa shape index (κ2) is 6.90. The fourth-order valence-corrected chi connectivity index (χ4v) is 5.50. The summed E-state index contributed by atoms with van der Waals surface area (Å²) in [4.78, 5) is 24.0. The van der Waals surface area contributed by atoms with E-state index in [1.807, 2.05) is 38.2 Å². The Labute approximate surface area is 186 Å². The van der Waals surface area contributed by atoms with Crippen LogP contribution in [0.5, 0.6) is 0 Å². The van der Waals surface area contributed by atoms with Crippen molar-refractivity contribution in [1.29, 1.82) is 0 Å². The van der Waals surface area contributed by atoms with Crippen molar-refractivity contribution in [1.82, 2.24) is 24.5 Å². The summed E-state index contributed by atoms with van der Waals surface area (Å²) in [5, 5.41) is 14.4. The van der Waals surface area contributed by atoms with Crippen LogP contribution in [0.4, 0.5) is 23.1 Å². The molecule has 3 N–H and O–H groups in total. The molecule has 9 nitrogen and oxygen atoms in total. The average molecular weight is 433 g/mol. The van der Waals surface area contributed by atoms with E-state index in [1.165, 1.54) is 12.8 Å². The number of rotatable bonds is 4. The first-order valence-corrected chi connectivity index (χ1v) is 11.3. The van der Waals surface area contributed by atoms with Crippen LogP contribution < -0.4 is 16.0 Å². The van der Waals surface area contributed by atoms with Gasteiger partial charge in [0.1, 0.15) is 0 Å². The maximum Gasteiger partial charge on any atom is 0.247 e. The minimum Gasteiger partial charge on any atom is -0.364 e. The number of hydrogen-bond acceptors (Lipinski definition) is 7. The number of piperidine rings is 1. The molecule has 0 radical (unpaired) electrons. The Morgan fingerprint density at radius 2 is 1.97 bits per heavy atom. The number of anilines is 4. The van der Waals surface area contributed by atoms with Gasteiger partial charge in [0.25, 0.3) is 0 Å². The largest absolute Gasteiger partial charge is 0.364 e. The zero-order valence-corrected chi connectivity index (χ0v) is 18.6. The van der Waals surface area contributed by atoms with E-state index in [0.29, 0.717) is 29.7 Å². The fraction of sp³-hybridized carbons (Fsp3) is 0.478. The zero-order valence-electron chi connectivity index (χ0n) is 18.6. The monoisotopic (exact) mass is 432 g/mol. The van der Waals surface area contributed by atoms with E-state index in [4.69, 9.17) is 4.98 Å².